The standard InChI is InChI=1S/2C15H24O.2C5H13N3.2C2H5O.2Zn/c2*1-10-8-11(14(2,3)4)13(16)12(9-10)15(5,6)7;2*1-7(2)5(6)8(3)4;2*1-2-3;;/h2*8-9,16H,1-7H3;2*6H,1-4H3;2*2H2,1H3;;/q;;;;2*-1;2*+2/p-2. The molecular formula is C44H82N6O4Zn2. The van der Waals surface area contributed by atoms with Crippen molar-refractivity contribution >= 4 is 11.9 Å². The van der Waals surface area contributed by atoms with Gasteiger partial charge >= 0.3 is 39.0 Å². The van der Waals surface area contributed by atoms with Gasteiger partial charge in [-0.05, 0) is 57.8 Å². The van der Waals surface area contributed by atoms with E-state index in [-0.39, 0.29) is 85.3 Å². The van der Waals surface area contributed by atoms with E-state index in [4.69, 9.17) is 21.0 Å². The number of nitrogens with one attached hydrogen (secondary N) is 2. The van der Waals surface area contributed by atoms with Crippen LogP contribution in [-0.4, -0.2) is 101 Å². The van der Waals surface area contributed by atoms with Crippen molar-refractivity contribution in [1.82, 2.24) is 19.6 Å². The first-order valence-corrected chi connectivity index (χ1v) is 18.7. The topological polar surface area (TPSA) is 153 Å². The van der Waals surface area contributed by atoms with E-state index in [1.54, 1.807) is 33.4 Å². The summed E-state index contributed by atoms with van der Waals surface area (Å²) in [4.78, 5) is 7.00. The van der Waals surface area contributed by atoms with E-state index >= 15 is 0 Å². The molecule has 0 amide bonds. The molecule has 0 unspecified atom stereocenters. The molecule has 0 aliphatic heterocycles. The maximum Gasteiger partial charge on any atom is 2.00 e. The summed E-state index contributed by atoms with van der Waals surface area (Å²) < 4.78 is 0. The van der Waals surface area contributed by atoms with Crippen molar-refractivity contribution in [2.75, 3.05) is 69.6 Å². The van der Waals surface area contributed by atoms with Crippen LogP contribution in [-0.2, 0) is 60.6 Å². The number of guanidine groups is 2. The summed E-state index contributed by atoms with van der Waals surface area (Å²) in [6.45, 7) is 32.4. The Morgan fingerprint density at radius 3 is 0.643 bits per heavy atom. The SMILES string of the molecule is CC[O-].CC[O-].CN(C)C(=N)N(C)C.CN(C)C(=N)N(C)C.Cc1cc(C(C)(C)C)c([O-])c(C(C)(C)C)c1.Cc1cc(C(C)(C)C)c([O-])c(C(C)(C)C)c1.[Zn+2].[Zn+2]. The van der Waals surface area contributed by atoms with Gasteiger partial charge in [-0.15, -0.1) is 24.7 Å². The molecule has 2 N–H and O–H groups in total. The molecule has 0 fully saturated rings. The van der Waals surface area contributed by atoms with E-state index < -0.39 is 0 Å². The minimum atomic E-state index is -0.0803. The predicted molar refractivity (Wildman–Crippen MR) is 227 cm³/mol. The van der Waals surface area contributed by atoms with Gasteiger partial charge in [-0.25, -0.2) is 0 Å². The van der Waals surface area contributed by atoms with Crippen molar-refractivity contribution in [2.45, 2.75) is 132 Å². The number of hydrogen-bond donors (Lipinski definition) is 2. The van der Waals surface area contributed by atoms with Crippen molar-refractivity contribution in [3.63, 3.8) is 0 Å². The van der Waals surface area contributed by atoms with Crippen molar-refractivity contribution in [3.05, 3.63) is 57.6 Å². The van der Waals surface area contributed by atoms with Crippen molar-refractivity contribution in [3.8, 4) is 11.5 Å². The number of hydrogen-bond acceptors (Lipinski definition) is 6. The molecule has 0 aliphatic carbocycles. The first kappa shape index (κ1) is 65.6. The van der Waals surface area contributed by atoms with Crippen molar-refractivity contribution in [2.24, 2.45) is 0 Å². The molecule has 56 heavy (non-hydrogen) atoms. The Morgan fingerprint density at radius 2 is 0.571 bits per heavy atom. The van der Waals surface area contributed by atoms with Crippen LogP contribution in [0.1, 0.15) is 130 Å². The van der Waals surface area contributed by atoms with Gasteiger partial charge in [0.1, 0.15) is 0 Å². The van der Waals surface area contributed by atoms with Gasteiger partial charge < -0.3 is 40.0 Å². The minimum Gasteiger partial charge on any atom is -0.872 e. The molecule has 0 atom stereocenters. The van der Waals surface area contributed by atoms with Crippen LogP contribution in [0.3, 0.4) is 0 Å². The van der Waals surface area contributed by atoms with E-state index in [1.165, 1.54) is 11.1 Å². The average molecular weight is 890 g/mol. The van der Waals surface area contributed by atoms with Gasteiger partial charge in [-0.2, -0.15) is 0 Å². The van der Waals surface area contributed by atoms with Gasteiger partial charge in [-0.1, -0.05) is 132 Å². The zero-order chi connectivity index (χ0) is 44.3. The second kappa shape index (κ2) is 29.0. The van der Waals surface area contributed by atoms with Gasteiger partial charge in [0.15, 0.2) is 11.9 Å². The second-order valence-corrected chi connectivity index (χ2v) is 18.2. The van der Waals surface area contributed by atoms with Gasteiger partial charge in [0, 0.05) is 56.4 Å². The summed E-state index contributed by atoms with van der Waals surface area (Å²) in [5.41, 5.74) is 5.74. The summed E-state index contributed by atoms with van der Waals surface area (Å²) in [5.74, 6) is 1.46. The molecular weight excluding hydrogens is 807 g/mol. The number of rotatable bonds is 0. The van der Waals surface area contributed by atoms with Crippen LogP contribution in [0.15, 0.2) is 24.3 Å². The molecule has 0 aromatic heterocycles. The quantitative estimate of drug-likeness (QED) is 0.182. The maximum atomic E-state index is 12.4. The molecule has 0 saturated carbocycles. The number of benzene rings is 2. The largest absolute Gasteiger partial charge is 2.00 e. The molecule has 2 aromatic carbocycles. The third kappa shape index (κ3) is 27.4. The van der Waals surface area contributed by atoms with Crippen LogP contribution < -0.4 is 20.4 Å². The molecule has 316 valence electrons. The zero-order valence-corrected chi connectivity index (χ0v) is 46.5. The predicted octanol–water partition coefficient (Wildman–Crippen LogP) is 6.14. The summed E-state index contributed by atoms with van der Waals surface area (Å²) in [6.07, 6.45) is 0. The average Bonchev–Trinajstić information content (AvgIpc) is 2.97. The Kier molecular flexibility index (Phi) is 34.0. The summed E-state index contributed by atoms with van der Waals surface area (Å²) >= 11 is 0. The molecule has 0 aliphatic rings. The first-order chi connectivity index (χ1) is 24.0. The molecule has 12 heteroatoms. The monoisotopic (exact) mass is 886 g/mol. The van der Waals surface area contributed by atoms with Crippen LogP contribution in [0, 0.1) is 24.7 Å². The Hall–Kier alpha value is -2.25. The Morgan fingerprint density at radius 1 is 0.446 bits per heavy atom. The van der Waals surface area contributed by atoms with E-state index in [0.717, 1.165) is 22.3 Å². The van der Waals surface area contributed by atoms with Gasteiger partial charge in [0.2, 0.25) is 0 Å². The molecule has 0 saturated heterocycles. The third-order valence-electron chi connectivity index (χ3n) is 7.39. The Labute approximate surface area is 371 Å². The normalized spacial score (nSPS) is 10.5. The molecule has 0 spiro atoms. The molecule has 0 heterocycles. The van der Waals surface area contributed by atoms with E-state index in [2.05, 4.69) is 96.9 Å². The maximum absolute atomic E-state index is 12.4. The smallest absolute Gasteiger partial charge is 0.872 e. The van der Waals surface area contributed by atoms with Crippen LogP contribution >= 0.6 is 0 Å². The van der Waals surface area contributed by atoms with Crippen LogP contribution in [0.25, 0.3) is 0 Å². The molecule has 0 radical (unpaired) electrons. The van der Waals surface area contributed by atoms with E-state index in [1.807, 2.05) is 80.6 Å². The van der Waals surface area contributed by atoms with Gasteiger partial charge in [-0.3, -0.25) is 10.8 Å². The van der Waals surface area contributed by atoms with E-state index in [9.17, 15) is 10.2 Å². The molecule has 0 bridgehead atoms. The fourth-order valence-corrected chi connectivity index (χ4v) is 4.57. The fourth-order valence-electron chi connectivity index (χ4n) is 4.57. The van der Waals surface area contributed by atoms with Crippen LogP contribution in [0.4, 0.5) is 0 Å². The summed E-state index contributed by atoms with van der Waals surface area (Å²) in [6, 6.07) is 8.10. The van der Waals surface area contributed by atoms with Crippen LogP contribution in [0.2, 0.25) is 0 Å². The number of nitrogens with zero attached hydrogens (tertiary/aromatic N) is 4. The number of aryl methyl sites for hydroxylation is 2. The van der Waals surface area contributed by atoms with Crippen molar-refractivity contribution < 1.29 is 59.4 Å². The van der Waals surface area contributed by atoms with Gasteiger partial charge in [0.25, 0.3) is 0 Å². The molecule has 2 rings (SSSR count). The van der Waals surface area contributed by atoms with E-state index in [0.29, 0.717) is 11.9 Å². The second-order valence-electron chi connectivity index (χ2n) is 18.2. The fraction of sp³-hybridized carbons (Fsp3) is 0.682. The minimum absolute atomic E-state index is 0. The van der Waals surface area contributed by atoms with Gasteiger partial charge in [0.05, 0.1) is 0 Å². The van der Waals surface area contributed by atoms with Crippen molar-refractivity contribution in [1.29, 1.82) is 10.8 Å². The molecule has 10 nitrogen and oxygen atoms in total. The Balaban J connectivity index is -0.000000146. The third-order valence-corrected chi connectivity index (χ3v) is 7.39. The van der Waals surface area contributed by atoms with Crippen LogP contribution in [0.5, 0.6) is 11.5 Å². The summed E-state index contributed by atoms with van der Waals surface area (Å²) in [5, 5.41) is 57.2. The summed E-state index contributed by atoms with van der Waals surface area (Å²) in [7, 11) is 14.8. The first-order valence-electron chi connectivity index (χ1n) is 18.7. The Bertz CT molecular complexity index is 1190. The zero-order valence-electron chi connectivity index (χ0n) is 40.6. The molecule has 2 aromatic rings.